The number of carbonyl (C=O) groups is 1. The van der Waals surface area contributed by atoms with E-state index >= 15 is 0 Å². The van der Waals surface area contributed by atoms with Crippen LogP contribution in [0.25, 0.3) is 0 Å². The van der Waals surface area contributed by atoms with E-state index in [0.29, 0.717) is 28.8 Å². The van der Waals surface area contributed by atoms with Crippen LogP contribution in [0.15, 0.2) is 83.8 Å². The van der Waals surface area contributed by atoms with E-state index < -0.39 is 15.9 Å². The van der Waals surface area contributed by atoms with E-state index in [1.807, 2.05) is 24.3 Å². The van der Waals surface area contributed by atoms with Crippen LogP contribution in [0.4, 0.5) is 5.69 Å². The van der Waals surface area contributed by atoms with Crippen LogP contribution in [-0.2, 0) is 20.6 Å². The molecule has 0 heterocycles. The third-order valence-corrected chi connectivity index (χ3v) is 7.91. The number of methoxy groups -OCH3 is 1. The lowest BCUT2D eigenvalue weighted by molar-refractivity contribution is -0.119. The fourth-order valence-corrected chi connectivity index (χ4v) is 5.62. The Balaban J connectivity index is 1.66. The van der Waals surface area contributed by atoms with Crippen molar-refractivity contribution in [2.24, 2.45) is 0 Å². The zero-order valence-corrected chi connectivity index (χ0v) is 20.5. The molecule has 0 unspecified atom stereocenters. The molecule has 3 aromatic carbocycles. The van der Waals surface area contributed by atoms with Crippen molar-refractivity contribution in [1.82, 2.24) is 5.32 Å². The van der Waals surface area contributed by atoms with Gasteiger partial charge < -0.3 is 10.1 Å². The molecule has 0 spiro atoms. The van der Waals surface area contributed by atoms with Crippen molar-refractivity contribution >= 4 is 45.0 Å². The number of amides is 1. The number of benzene rings is 3. The first-order valence-corrected chi connectivity index (χ1v) is 13.2. The fourth-order valence-electron chi connectivity index (χ4n) is 3.05. The molecular weight excluding hydrogens is 480 g/mol. The van der Waals surface area contributed by atoms with Crippen LogP contribution in [-0.4, -0.2) is 40.3 Å². The van der Waals surface area contributed by atoms with Gasteiger partial charge in [0.25, 0.3) is 10.0 Å². The fraction of sp³-hybridized carbons (Fsp3) is 0.208. The Morgan fingerprint density at radius 1 is 1.03 bits per heavy atom. The molecule has 6 nitrogen and oxygen atoms in total. The summed E-state index contributed by atoms with van der Waals surface area (Å²) in [6, 6.07) is 22.3. The minimum atomic E-state index is -3.95. The summed E-state index contributed by atoms with van der Waals surface area (Å²) in [6.45, 7) is 0.0604. The number of nitrogens with zero attached hydrogens (tertiary/aromatic N) is 1. The number of nitrogens with one attached hydrogen (secondary N) is 1. The molecule has 0 aromatic heterocycles. The van der Waals surface area contributed by atoms with E-state index in [4.69, 9.17) is 16.3 Å². The van der Waals surface area contributed by atoms with Gasteiger partial charge >= 0.3 is 0 Å². The summed E-state index contributed by atoms with van der Waals surface area (Å²) >= 11 is 7.80. The van der Waals surface area contributed by atoms with Crippen LogP contribution in [0, 0.1) is 0 Å². The lowest BCUT2D eigenvalue weighted by atomic mass is 10.2. The first-order chi connectivity index (χ1) is 15.9. The topological polar surface area (TPSA) is 75.7 Å². The number of sulfonamides is 1. The second-order valence-corrected chi connectivity index (χ2v) is 10.4. The average Bonchev–Trinajstić information content (AvgIpc) is 2.84. The largest absolute Gasteiger partial charge is 0.497 e. The average molecular weight is 505 g/mol. The predicted molar refractivity (Wildman–Crippen MR) is 135 cm³/mol. The smallest absolute Gasteiger partial charge is 0.264 e. The van der Waals surface area contributed by atoms with Gasteiger partial charge in [-0.15, -0.1) is 0 Å². The molecule has 33 heavy (non-hydrogen) atoms. The Labute approximate surface area is 204 Å². The van der Waals surface area contributed by atoms with Gasteiger partial charge in [0.05, 0.1) is 17.7 Å². The number of carbonyl (C=O) groups excluding carboxylic acids is 1. The second-order valence-electron chi connectivity index (χ2n) is 7.02. The van der Waals surface area contributed by atoms with Gasteiger partial charge in [-0.25, -0.2) is 8.42 Å². The van der Waals surface area contributed by atoms with E-state index in [9.17, 15) is 13.2 Å². The van der Waals surface area contributed by atoms with Gasteiger partial charge in [-0.1, -0.05) is 54.1 Å². The third kappa shape index (κ3) is 6.90. The maximum Gasteiger partial charge on any atom is 0.264 e. The summed E-state index contributed by atoms with van der Waals surface area (Å²) in [5.41, 5.74) is 1.38. The quantitative estimate of drug-likeness (QED) is 0.386. The molecule has 1 amide bonds. The highest BCUT2D eigenvalue weighted by Gasteiger charge is 2.27. The highest BCUT2D eigenvalue weighted by atomic mass is 35.5. The Bertz CT molecular complexity index is 1170. The summed E-state index contributed by atoms with van der Waals surface area (Å²) in [7, 11) is -2.45. The number of thioether (sulfide) groups is 1. The molecule has 3 rings (SSSR count). The van der Waals surface area contributed by atoms with Gasteiger partial charge in [0.15, 0.2) is 0 Å². The first kappa shape index (κ1) is 25.0. The lowest BCUT2D eigenvalue weighted by Gasteiger charge is -2.24. The molecule has 0 saturated heterocycles. The number of hydrogen-bond donors (Lipinski definition) is 1. The Morgan fingerprint density at radius 3 is 2.48 bits per heavy atom. The van der Waals surface area contributed by atoms with Crippen molar-refractivity contribution in [2.45, 2.75) is 10.6 Å². The van der Waals surface area contributed by atoms with Crippen molar-refractivity contribution in [2.75, 3.05) is 30.3 Å². The first-order valence-electron chi connectivity index (χ1n) is 10.2. The standard InChI is InChI=1S/C24H25ClN2O4S2/c1-31-21-10-7-9-20(16-21)27(33(29,30)22-11-3-2-4-12-22)17-24(28)26-14-15-32-18-19-8-5-6-13-23(19)25/h2-13,16H,14-15,17-18H2,1H3,(H,26,28). The van der Waals surface area contributed by atoms with Gasteiger partial charge in [-0.2, -0.15) is 11.8 Å². The highest BCUT2D eigenvalue weighted by molar-refractivity contribution is 7.98. The molecule has 0 aliphatic carbocycles. The molecule has 0 radical (unpaired) electrons. The van der Waals surface area contributed by atoms with E-state index in [0.717, 1.165) is 15.6 Å². The third-order valence-electron chi connectivity index (χ3n) is 4.74. The molecule has 0 atom stereocenters. The molecule has 0 aliphatic rings. The van der Waals surface area contributed by atoms with Crippen molar-refractivity contribution in [3.05, 3.63) is 89.4 Å². The van der Waals surface area contributed by atoms with E-state index in [-0.39, 0.29) is 11.4 Å². The maximum absolute atomic E-state index is 13.3. The van der Waals surface area contributed by atoms with Crippen LogP contribution in [0.1, 0.15) is 5.56 Å². The predicted octanol–water partition coefficient (Wildman–Crippen LogP) is 4.59. The van der Waals surface area contributed by atoms with Crippen LogP contribution < -0.4 is 14.4 Å². The summed E-state index contributed by atoms with van der Waals surface area (Å²) < 4.78 is 33.0. The molecule has 9 heteroatoms. The summed E-state index contributed by atoms with van der Waals surface area (Å²) in [5, 5.41) is 3.52. The molecule has 1 N–H and O–H groups in total. The summed E-state index contributed by atoms with van der Waals surface area (Å²) in [6.07, 6.45) is 0. The van der Waals surface area contributed by atoms with Crippen LogP contribution in [0.2, 0.25) is 5.02 Å². The number of halogens is 1. The van der Waals surface area contributed by atoms with Gasteiger partial charge in [0, 0.05) is 29.1 Å². The molecular formula is C24H25ClN2O4S2. The monoisotopic (exact) mass is 504 g/mol. The Hall–Kier alpha value is -2.68. The maximum atomic E-state index is 13.3. The van der Waals surface area contributed by atoms with E-state index in [1.54, 1.807) is 54.2 Å². The van der Waals surface area contributed by atoms with E-state index in [1.165, 1.54) is 19.2 Å². The van der Waals surface area contributed by atoms with Crippen LogP contribution in [0.3, 0.4) is 0 Å². The minimum Gasteiger partial charge on any atom is -0.497 e. The molecule has 0 bridgehead atoms. The van der Waals surface area contributed by atoms with Crippen molar-refractivity contribution in [3.63, 3.8) is 0 Å². The van der Waals surface area contributed by atoms with Crippen molar-refractivity contribution < 1.29 is 17.9 Å². The van der Waals surface area contributed by atoms with Crippen molar-refractivity contribution in [3.8, 4) is 5.75 Å². The zero-order chi connectivity index (χ0) is 23.7. The molecule has 0 fully saturated rings. The molecule has 174 valence electrons. The van der Waals surface area contributed by atoms with Gasteiger partial charge in [-0.3, -0.25) is 9.10 Å². The summed E-state index contributed by atoms with van der Waals surface area (Å²) in [4.78, 5) is 12.8. The normalized spacial score (nSPS) is 11.1. The molecule has 0 aliphatic heterocycles. The van der Waals surface area contributed by atoms with Gasteiger partial charge in [0.2, 0.25) is 5.91 Å². The highest BCUT2D eigenvalue weighted by Crippen LogP contribution is 2.27. The van der Waals surface area contributed by atoms with Gasteiger partial charge in [-0.05, 0) is 35.9 Å². The lowest BCUT2D eigenvalue weighted by Crippen LogP contribution is -2.41. The second kappa shape index (κ2) is 12.0. The number of rotatable bonds is 11. The van der Waals surface area contributed by atoms with Gasteiger partial charge in [0.1, 0.15) is 12.3 Å². The molecule has 0 saturated carbocycles. The Morgan fingerprint density at radius 2 is 1.76 bits per heavy atom. The summed E-state index contributed by atoms with van der Waals surface area (Å²) in [5.74, 6) is 1.50. The minimum absolute atomic E-state index is 0.107. The van der Waals surface area contributed by atoms with Crippen LogP contribution >= 0.6 is 23.4 Å². The zero-order valence-electron chi connectivity index (χ0n) is 18.1. The number of ether oxygens (including phenoxy) is 1. The number of anilines is 1. The number of hydrogen-bond acceptors (Lipinski definition) is 5. The molecule has 3 aromatic rings. The SMILES string of the molecule is COc1cccc(N(CC(=O)NCCSCc2ccccc2Cl)S(=O)(=O)c2ccccc2)c1. The van der Waals surface area contributed by atoms with Crippen LogP contribution in [0.5, 0.6) is 5.75 Å². The Kier molecular flexibility index (Phi) is 9.05. The van der Waals surface area contributed by atoms with E-state index in [2.05, 4.69) is 5.32 Å². The van der Waals surface area contributed by atoms with Crippen molar-refractivity contribution in [1.29, 1.82) is 0 Å².